The summed E-state index contributed by atoms with van der Waals surface area (Å²) in [6.07, 6.45) is 0.370. The van der Waals surface area contributed by atoms with E-state index in [-0.39, 0.29) is 11.8 Å². The van der Waals surface area contributed by atoms with E-state index in [4.69, 9.17) is 4.52 Å². The predicted octanol–water partition coefficient (Wildman–Crippen LogP) is 3.44. The van der Waals surface area contributed by atoms with Crippen molar-refractivity contribution in [1.29, 1.82) is 0 Å². The number of nitrogens with zero attached hydrogens (tertiary/aromatic N) is 4. The van der Waals surface area contributed by atoms with Crippen LogP contribution in [0.1, 0.15) is 23.7 Å². The predicted molar refractivity (Wildman–Crippen MR) is 100 cm³/mol. The van der Waals surface area contributed by atoms with Gasteiger partial charge in [0.05, 0.1) is 5.52 Å². The van der Waals surface area contributed by atoms with Gasteiger partial charge in [-0.2, -0.15) is 10.1 Å². The molecule has 1 saturated heterocycles. The van der Waals surface area contributed by atoms with E-state index in [0.29, 0.717) is 30.4 Å². The molecular formula is C20H17N5O2. The Morgan fingerprint density at radius 2 is 1.96 bits per heavy atom. The number of carbonyl (C=O) groups is 1. The van der Waals surface area contributed by atoms with Crippen molar-refractivity contribution < 1.29 is 9.32 Å². The molecule has 7 nitrogen and oxygen atoms in total. The molecular weight excluding hydrogens is 342 g/mol. The van der Waals surface area contributed by atoms with Crippen LogP contribution in [0.2, 0.25) is 0 Å². The summed E-state index contributed by atoms with van der Waals surface area (Å²) in [4.78, 5) is 18.9. The van der Waals surface area contributed by atoms with E-state index < -0.39 is 0 Å². The summed E-state index contributed by atoms with van der Waals surface area (Å²) in [7, 11) is 0. The molecule has 1 atom stereocenters. The van der Waals surface area contributed by atoms with E-state index in [9.17, 15) is 4.79 Å². The molecule has 1 fully saturated rings. The number of H-pyrrole nitrogens is 1. The van der Waals surface area contributed by atoms with Gasteiger partial charge < -0.3 is 9.42 Å². The monoisotopic (exact) mass is 359 g/mol. The van der Waals surface area contributed by atoms with Gasteiger partial charge in [-0.1, -0.05) is 41.6 Å². The lowest BCUT2D eigenvalue weighted by Crippen LogP contribution is -2.25. The minimum absolute atomic E-state index is 0.0749. The van der Waals surface area contributed by atoms with Crippen LogP contribution in [0.3, 0.4) is 0 Å². The highest BCUT2D eigenvalue weighted by atomic mass is 16.5. The Kier molecular flexibility index (Phi) is 3.53. The lowest BCUT2D eigenvalue weighted by Gasteiger charge is -2.18. The maximum atomic E-state index is 12.5. The van der Waals surface area contributed by atoms with E-state index in [1.807, 2.05) is 55.5 Å². The van der Waals surface area contributed by atoms with Crippen LogP contribution in [0, 0.1) is 6.92 Å². The summed E-state index contributed by atoms with van der Waals surface area (Å²) in [6, 6.07) is 15.7. The number of para-hydroxylation sites is 2. The SMILES string of the molecule is Cc1ccccc1N1CC(c2noc(-c3n[nH]c4ccccc34)n2)CC1=O. The van der Waals surface area contributed by atoms with Gasteiger partial charge in [0.15, 0.2) is 11.5 Å². The highest BCUT2D eigenvalue weighted by Gasteiger charge is 2.35. The van der Waals surface area contributed by atoms with Gasteiger partial charge in [0.25, 0.3) is 5.89 Å². The Bertz CT molecular complexity index is 1150. The third kappa shape index (κ3) is 2.59. The minimum Gasteiger partial charge on any atom is -0.332 e. The number of carbonyl (C=O) groups excluding carboxylic acids is 1. The molecule has 0 saturated carbocycles. The Hall–Kier alpha value is -3.48. The molecule has 5 rings (SSSR count). The first kappa shape index (κ1) is 15.7. The van der Waals surface area contributed by atoms with Crippen LogP contribution in [0.25, 0.3) is 22.5 Å². The largest absolute Gasteiger partial charge is 0.332 e. The van der Waals surface area contributed by atoms with Crippen molar-refractivity contribution in [3.63, 3.8) is 0 Å². The highest BCUT2D eigenvalue weighted by molar-refractivity contribution is 5.97. The van der Waals surface area contributed by atoms with E-state index in [0.717, 1.165) is 22.2 Å². The van der Waals surface area contributed by atoms with Crippen LogP contribution >= 0.6 is 0 Å². The molecule has 1 aliphatic rings. The second kappa shape index (κ2) is 6.05. The highest BCUT2D eigenvalue weighted by Crippen LogP contribution is 2.33. The van der Waals surface area contributed by atoms with Crippen molar-refractivity contribution in [3.8, 4) is 11.6 Å². The molecule has 4 aromatic rings. The fourth-order valence-electron chi connectivity index (χ4n) is 3.60. The summed E-state index contributed by atoms with van der Waals surface area (Å²) in [5.41, 5.74) is 3.55. The van der Waals surface area contributed by atoms with Gasteiger partial charge in [-0.25, -0.2) is 0 Å². The van der Waals surface area contributed by atoms with Crippen molar-refractivity contribution in [2.24, 2.45) is 0 Å². The van der Waals surface area contributed by atoms with Gasteiger partial charge in [0.1, 0.15) is 0 Å². The van der Waals surface area contributed by atoms with Gasteiger partial charge in [0.2, 0.25) is 5.91 Å². The third-order valence-electron chi connectivity index (χ3n) is 5.01. The molecule has 2 aromatic carbocycles. The first-order valence-electron chi connectivity index (χ1n) is 8.84. The van der Waals surface area contributed by atoms with Crippen molar-refractivity contribution in [3.05, 3.63) is 59.9 Å². The number of hydrogen-bond donors (Lipinski definition) is 1. The lowest BCUT2D eigenvalue weighted by molar-refractivity contribution is -0.117. The van der Waals surface area contributed by atoms with Crippen LogP contribution in [-0.4, -0.2) is 32.8 Å². The van der Waals surface area contributed by atoms with Crippen LogP contribution in [0.15, 0.2) is 53.1 Å². The zero-order valence-corrected chi connectivity index (χ0v) is 14.7. The normalized spacial score (nSPS) is 17.1. The van der Waals surface area contributed by atoms with E-state index >= 15 is 0 Å². The quantitative estimate of drug-likeness (QED) is 0.605. The number of anilines is 1. The average Bonchev–Trinajstić information content (AvgIpc) is 3.39. The van der Waals surface area contributed by atoms with Crippen molar-refractivity contribution >= 4 is 22.5 Å². The zero-order valence-electron chi connectivity index (χ0n) is 14.7. The minimum atomic E-state index is -0.0974. The van der Waals surface area contributed by atoms with Crippen molar-refractivity contribution in [2.45, 2.75) is 19.3 Å². The lowest BCUT2D eigenvalue weighted by atomic mass is 10.1. The number of nitrogens with one attached hydrogen (secondary N) is 1. The Labute approximate surface area is 155 Å². The molecule has 1 unspecified atom stereocenters. The number of benzene rings is 2. The average molecular weight is 359 g/mol. The topological polar surface area (TPSA) is 87.9 Å². The summed E-state index contributed by atoms with van der Waals surface area (Å²) in [5.74, 6) is 0.886. The molecule has 0 aliphatic carbocycles. The fraction of sp³-hybridized carbons (Fsp3) is 0.200. The van der Waals surface area contributed by atoms with E-state index in [2.05, 4.69) is 20.3 Å². The molecule has 3 heterocycles. The van der Waals surface area contributed by atoms with Crippen LogP contribution < -0.4 is 4.90 Å². The van der Waals surface area contributed by atoms with Gasteiger partial charge in [-0.3, -0.25) is 9.89 Å². The molecule has 27 heavy (non-hydrogen) atoms. The smallest absolute Gasteiger partial charge is 0.279 e. The van der Waals surface area contributed by atoms with Crippen LogP contribution in [0.4, 0.5) is 5.69 Å². The summed E-state index contributed by atoms with van der Waals surface area (Å²) in [5, 5.41) is 12.3. The molecule has 1 amide bonds. The molecule has 1 aliphatic heterocycles. The number of amides is 1. The Morgan fingerprint density at radius 3 is 2.85 bits per heavy atom. The van der Waals surface area contributed by atoms with Crippen molar-refractivity contribution in [1.82, 2.24) is 20.3 Å². The van der Waals surface area contributed by atoms with Crippen molar-refractivity contribution in [2.75, 3.05) is 11.4 Å². The first-order chi connectivity index (χ1) is 13.2. The van der Waals surface area contributed by atoms with E-state index in [1.54, 1.807) is 4.90 Å². The maximum absolute atomic E-state index is 12.5. The fourth-order valence-corrected chi connectivity index (χ4v) is 3.60. The van der Waals surface area contributed by atoms with E-state index in [1.165, 1.54) is 0 Å². The number of aromatic amines is 1. The van der Waals surface area contributed by atoms with Crippen LogP contribution in [0.5, 0.6) is 0 Å². The number of aryl methyl sites for hydroxylation is 1. The summed E-state index contributed by atoms with van der Waals surface area (Å²) in [6.45, 7) is 2.55. The summed E-state index contributed by atoms with van der Waals surface area (Å²) < 4.78 is 5.46. The standard InChI is InChI=1S/C20H17N5O2/c1-12-6-2-5-9-16(12)25-11-13(10-17(25)26)19-21-20(27-24-19)18-14-7-3-4-8-15(14)22-23-18/h2-9,13H,10-11H2,1H3,(H,22,23). The number of aromatic nitrogens is 4. The Balaban J connectivity index is 1.44. The summed E-state index contributed by atoms with van der Waals surface area (Å²) >= 11 is 0. The molecule has 0 bridgehead atoms. The zero-order chi connectivity index (χ0) is 18.4. The Morgan fingerprint density at radius 1 is 1.15 bits per heavy atom. The third-order valence-corrected chi connectivity index (χ3v) is 5.01. The number of hydrogen-bond acceptors (Lipinski definition) is 5. The van der Waals surface area contributed by atoms with Gasteiger partial charge >= 0.3 is 0 Å². The molecule has 1 N–H and O–H groups in total. The molecule has 0 spiro atoms. The first-order valence-corrected chi connectivity index (χ1v) is 8.84. The second-order valence-corrected chi connectivity index (χ2v) is 6.77. The molecule has 134 valence electrons. The number of fused-ring (bicyclic) bond motifs is 1. The molecule has 0 radical (unpaired) electrons. The molecule has 2 aromatic heterocycles. The maximum Gasteiger partial charge on any atom is 0.279 e. The number of rotatable bonds is 3. The van der Waals surface area contributed by atoms with Gasteiger partial charge in [-0.05, 0) is 24.6 Å². The van der Waals surface area contributed by atoms with Crippen LogP contribution in [-0.2, 0) is 4.79 Å². The van der Waals surface area contributed by atoms with Gasteiger partial charge in [-0.15, -0.1) is 0 Å². The molecule has 7 heteroatoms. The second-order valence-electron chi connectivity index (χ2n) is 6.77. The van der Waals surface area contributed by atoms with Gasteiger partial charge in [0, 0.05) is 30.0 Å².